The summed E-state index contributed by atoms with van der Waals surface area (Å²) in [4.78, 5) is -0.0406. The molecule has 3 nitrogen and oxygen atoms in total. The fourth-order valence-electron chi connectivity index (χ4n) is 2.00. The number of hydrogen-bond donors (Lipinski definition) is 1. The molecule has 0 heterocycles. The van der Waals surface area contributed by atoms with Gasteiger partial charge in [0.2, 0.25) is 0 Å². The minimum atomic E-state index is -4.13. The number of rotatable bonds is 4. The zero-order valence-corrected chi connectivity index (χ0v) is 11.5. The van der Waals surface area contributed by atoms with Crippen LogP contribution in [0, 0.1) is 6.92 Å². The molecule has 0 saturated heterocycles. The first-order chi connectivity index (χ1) is 8.97. The van der Waals surface area contributed by atoms with Crippen LogP contribution in [0.15, 0.2) is 53.4 Å². The quantitative estimate of drug-likeness (QED) is 0.873. The Kier molecular flexibility index (Phi) is 4.02. The molecule has 100 valence electrons. The Morgan fingerprint density at radius 2 is 1.68 bits per heavy atom. The van der Waals surface area contributed by atoms with E-state index in [4.69, 9.17) is 4.55 Å². The van der Waals surface area contributed by atoms with Crippen LogP contribution in [0.5, 0.6) is 0 Å². The van der Waals surface area contributed by atoms with Crippen molar-refractivity contribution in [1.29, 1.82) is 0 Å². The molecule has 0 saturated carbocycles. The molecule has 0 unspecified atom stereocenters. The van der Waals surface area contributed by atoms with Crippen molar-refractivity contribution in [3.63, 3.8) is 0 Å². The van der Waals surface area contributed by atoms with Gasteiger partial charge in [0.15, 0.2) is 0 Å². The lowest BCUT2D eigenvalue weighted by Crippen LogP contribution is -2.01. The van der Waals surface area contributed by atoms with Crippen molar-refractivity contribution in [2.75, 3.05) is 0 Å². The van der Waals surface area contributed by atoms with Gasteiger partial charge in [-0.25, -0.2) is 0 Å². The normalized spacial score (nSPS) is 11.5. The van der Waals surface area contributed by atoms with Crippen LogP contribution in [0.25, 0.3) is 0 Å². The van der Waals surface area contributed by atoms with E-state index in [0.717, 1.165) is 24.0 Å². The van der Waals surface area contributed by atoms with Gasteiger partial charge in [0.25, 0.3) is 10.1 Å². The maximum atomic E-state index is 11.1. The first-order valence-corrected chi connectivity index (χ1v) is 7.52. The minimum Gasteiger partial charge on any atom is -0.282 e. The van der Waals surface area contributed by atoms with Crippen molar-refractivity contribution in [3.8, 4) is 0 Å². The maximum absolute atomic E-state index is 11.1. The number of hydrogen-bond acceptors (Lipinski definition) is 2. The molecule has 0 aromatic heterocycles. The number of aryl methyl sites for hydroxylation is 3. The predicted molar refractivity (Wildman–Crippen MR) is 74.8 cm³/mol. The van der Waals surface area contributed by atoms with E-state index in [0.29, 0.717) is 0 Å². The molecule has 2 aromatic carbocycles. The predicted octanol–water partition coefficient (Wildman–Crippen LogP) is 3.03. The van der Waals surface area contributed by atoms with Crippen LogP contribution in [-0.2, 0) is 23.0 Å². The first kappa shape index (κ1) is 13.8. The summed E-state index contributed by atoms with van der Waals surface area (Å²) in [6.45, 7) is 1.94. The molecule has 0 amide bonds. The Labute approximate surface area is 113 Å². The van der Waals surface area contributed by atoms with Crippen LogP contribution >= 0.6 is 0 Å². The van der Waals surface area contributed by atoms with Gasteiger partial charge in [-0.05, 0) is 48.6 Å². The lowest BCUT2D eigenvalue weighted by molar-refractivity contribution is 0.483. The Hall–Kier alpha value is -1.65. The topological polar surface area (TPSA) is 54.4 Å². The molecule has 19 heavy (non-hydrogen) atoms. The Morgan fingerprint density at radius 3 is 2.32 bits per heavy atom. The van der Waals surface area contributed by atoms with Crippen LogP contribution in [-0.4, -0.2) is 13.0 Å². The monoisotopic (exact) mass is 276 g/mol. The first-order valence-electron chi connectivity index (χ1n) is 6.08. The second kappa shape index (κ2) is 5.55. The molecule has 0 spiro atoms. The summed E-state index contributed by atoms with van der Waals surface area (Å²) < 4.78 is 31.3. The van der Waals surface area contributed by atoms with E-state index >= 15 is 0 Å². The van der Waals surface area contributed by atoms with Crippen LogP contribution in [0.1, 0.15) is 16.7 Å². The van der Waals surface area contributed by atoms with Gasteiger partial charge in [-0.2, -0.15) is 8.42 Å². The Bertz CT molecular complexity index is 661. The van der Waals surface area contributed by atoms with Gasteiger partial charge in [-0.15, -0.1) is 0 Å². The summed E-state index contributed by atoms with van der Waals surface area (Å²) >= 11 is 0. The molecular formula is C15H16O3S. The highest BCUT2D eigenvalue weighted by atomic mass is 32.2. The molecule has 0 radical (unpaired) electrons. The lowest BCUT2D eigenvalue weighted by Gasteiger charge is -2.08. The van der Waals surface area contributed by atoms with E-state index in [1.807, 2.05) is 37.3 Å². The van der Waals surface area contributed by atoms with Crippen LogP contribution in [0.3, 0.4) is 0 Å². The molecule has 0 aliphatic heterocycles. The maximum Gasteiger partial charge on any atom is 0.294 e. The largest absolute Gasteiger partial charge is 0.294 e. The summed E-state index contributed by atoms with van der Waals surface area (Å²) in [5.74, 6) is 0. The average Bonchev–Trinajstić information content (AvgIpc) is 2.37. The van der Waals surface area contributed by atoms with Gasteiger partial charge in [-0.3, -0.25) is 4.55 Å². The van der Waals surface area contributed by atoms with Crippen molar-refractivity contribution in [2.45, 2.75) is 24.7 Å². The van der Waals surface area contributed by atoms with Gasteiger partial charge in [-0.1, -0.05) is 36.4 Å². The highest BCUT2D eigenvalue weighted by molar-refractivity contribution is 7.85. The lowest BCUT2D eigenvalue weighted by atomic mass is 10.0. The average molecular weight is 276 g/mol. The standard InChI is InChI=1S/C15H16O3S/c1-12-7-10-15(19(16,17)18)11-14(12)9-8-13-5-3-2-4-6-13/h2-7,10-11H,8-9H2,1H3,(H,16,17,18). The van der Waals surface area contributed by atoms with Gasteiger partial charge >= 0.3 is 0 Å². The highest BCUT2D eigenvalue weighted by Crippen LogP contribution is 2.17. The van der Waals surface area contributed by atoms with Crippen molar-refractivity contribution >= 4 is 10.1 Å². The molecule has 0 aliphatic carbocycles. The summed E-state index contributed by atoms with van der Waals surface area (Å²) in [6.07, 6.45) is 1.59. The summed E-state index contributed by atoms with van der Waals surface area (Å²) in [7, 11) is -4.13. The molecule has 2 aromatic rings. The van der Waals surface area contributed by atoms with Crippen molar-refractivity contribution in [2.24, 2.45) is 0 Å². The molecule has 0 fully saturated rings. The van der Waals surface area contributed by atoms with Crippen LogP contribution < -0.4 is 0 Å². The third kappa shape index (κ3) is 3.66. The van der Waals surface area contributed by atoms with E-state index < -0.39 is 10.1 Å². The van der Waals surface area contributed by atoms with E-state index in [9.17, 15) is 8.42 Å². The molecule has 2 rings (SSSR count). The van der Waals surface area contributed by atoms with Gasteiger partial charge < -0.3 is 0 Å². The number of benzene rings is 2. The fourth-order valence-corrected chi connectivity index (χ4v) is 2.53. The van der Waals surface area contributed by atoms with Crippen molar-refractivity contribution in [1.82, 2.24) is 0 Å². The molecule has 0 aliphatic rings. The molecule has 0 atom stereocenters. The van der Waals surface area contributed by atoms with E-state index in [1.165, 1.54) is 11.6 Å². The molecular weight excluding hydrogens is 260 g/mol. The SMILES string of the molecule is Cc1ccc(S(=O)(=O)O)cc1CCc1ccccc1. The fraction of sp³-hybridized carbons (Fsp3) is 0.200. The van der Waals surface area contributed by atoms with E-state index in [1.54, 1.807) is 12.1 Å². The van der Waals surface area contributed by atoms with Gasteiger partial charge in [0.05, 0.1) is 4.90 Å². The van der Waals surface area contributed by atoms with Crippen molar-refractivity contribution < 1.29 is 13.0 Å². The van der Waals surface area contributed by atoms with Gasteiger partial charge in [0, 0.05) is 0 Å². The van der Waals surface area contributed by atoms with E-state index in [2.05, 4.69) is 0 Å². The van der Waals surface area contributed by atoms with Crippen LogP contribution in [0.2, 0.25) is 0 Å². The summed E-state index contributed by atoms with van der Waals surface area (Å²) in [5, 5.41) is 0. The zero-order valence-electron chi connectivity index (χ0n) is 10.7. The minimum absolute atomic E-state index is 0.0406. The highest BCUT2D eigenvalue weighted by Gasteiger charge is 2.11. The van der Waals surface area contributed by atoms with Crippen molar-refractivity contribution in [3.05, 3.63) is 65.2 Å². The molecule has 0 bridgehead atoms. The van der Waals surface area contributed by atoms with Gasteiger partial charge in [0.1, 0.15) is 0 Å². The Morgan fingerprint density at radius 1 is 1.00 bits per heavy atom. The Balaban J connectivity index is 2.21. The van der Waals surface area contributed by atoms with E-state index in [-0.39, 0.29) is 4.90 Å². The smallest absolute Gasteiger partial charge is 0.282 e. The van der Waals surface area contributed by atoms with Crippen LogP contribution in [0.4, 0.5) is 0 Å². The second-order valence-electron chi connectivity index (χ2n) is 4.55. The summed E-state index contributed by atoms with van der Waals surface area (Å²) in [6, 6.07) is 14.7. The zero-order chi connectivity index (χ0) is 13.9. The third-order valence-corrected chi connectivity index (χ3v) is 3.99. The molecule has 4 heteroatoms. The molecule has 1 N–H and O–H groups in total. The second-order valence-corrected chi connectivity index (χ2v) is 5.97. The third-order valence-electron chi connectivity index (χ3n) is 3.14. The summed E-state index contributed by atoms with van der Waals surface area (Å²) in [5.41, 5.74) is 3.18.